The van der Waals surface area contributed by atoms with Gasteiger partial charge in [-0.3, -0.25) is 13.8 Å². The SMILES string of the molecule is Clc1ccc(-c2ccn(B(n3ccc(-c4ccc(Cl)cc4)n3)n3ccc(-c4ccc(Cl)cc4)n3)n2)cc1. The molecule has 6 nitrogen and oxygen atoms in total. The van der Waals surface area contributed by atoms with Gasteiger partial charge in [-0.1, -0.05) is 71.2 Å². The second-order valence-corrected chi connectivity index (χ2v) is 9.72. The number of hydrogen-bond donors (Lipinski definition) is 0. The van der Waals surface area contributed by atoms with Gasteiger partial charge in [-0.2, -0.15) is 15.3 Å². The summed E-state index contributed by atoms with van der Waals surface area (Å²) in [5, 5.41) is 16.6. The van der Waals surface area contributed by atoms with Crippen LogP contribution in [0.2, 0.25) is 15.1 Å². The first-order valence-electron chi connectivity index (χ1n) is 11.5. The number of halogens is 3. The van der Waals surface area contributed by atoms with E-state index in [0.29, 0.717) is 15.1 Å². The lowest BCUT2D eigenvalue weighted by molar-refractivity contribution is 0.775. The van der Waals surface area contributed by atoms with Crippen molar-refractivity contribution in [3.63, 3.8) is 0 Å². The van der Waals surface area contributed by atoms with Crippen molar-refractivity contribution in [3.8, 4) is 33.8 Å². The fourth-order valence-corrected chi connectivity index (χ4v) is 4.47. The number of hydrogen-bond acceptors (Lipinski definition) is 3. The second-order valence-electron chi connectivity index (χ2n) is 8.41. The summed E-state index contributed by atoms with van der Waals surface area (Å²) in [7, 11) is -0.483. The van der Waals surface area contributed by atoms with Crippen molar-refractivity contribution in [3.05, 3.63) is 125 Å². The van der Waals surface area contributed by atoms with Gasteiger partial charge in [0.1, 0.15) is 0 Å². The van der Waals surface area contributed by atoms with E-state index in [1.165, 1.54) is 0 Å². The Morgan fingerprint density at radius 2 is 0.676 bits per heavy atom. The minimum Gasteiger partial charge on any atom is -0.268 e. The van der Waals surface area contributed by atoms with Crippen LogP contribution >= 0.6 is 34.8 Å². The Morgan fingerprint density at radius 3 is 0.946 bits per heavy atom. The quantitative estimate of drug-likeness (QED) is 0.209. The highest BCUT2D eigenvalue weighted by molar-refractivity contribution is 6.52. The van der Waals surface area contributed by atoms with Gasteiger partial charge in [0.15, 0.2) is 0 Å². The van der Waals surface area contributed by atoms with E-state index in [1.54, 1.807) is 0 Å². The Bertz CT molecular complexity index is 1450. The van der Waals surface area contributed by atoms with E-state index in [-0.39, 0.29) is 0 Å². The average Bonchev–Trinajstić information content (AvgIpc) is 3.68. The zero-order chi connectivity index (χ0) is 25.4. The molecule has 3 aromatic carbocycles. The molecule has 3 aromatic heterocycles. The number of aromatic nitrogens is 6. The van der Waals surface area contributed by atoms with Crippen LogP contribution < -0.4 is 0 Å². The summed E-state index contributed by atoms with van der Waals surface area (Å²) in [6.07, 6.45) is 5.76. The Kier molecular flexibility index (Phi) is 6.34. The molecule has 0 unspecified atom stereocenters. The molecule has 0 atom stereocenters. The van der Waals surface area contributed by atoms with Crippen LogP contribution in [0.15, 0.2) is 110 Å². The summed E-state index contributed by atoms with van der Waals surface area (Å²) in [6, 6.07) is 28.7. The van der Waals surface area contributed by atoms with Gasteiger partial charge < -0.3 is 0 Å². The van der Waals surface area contributed by atoms with E-state index >= 15 is 0 Å². The zero-order valence-electron chi connectivity index (χ0n) is 19.3. The Labute approximate surface area is 228 Å². The molecule has 0 aliphatic heterocycles. The fourth-order valence-electron chi connectivity index (χ4n) is 4.09. The van der Waals surface area contributed by atoms with Crippen LogP contribution in [0.25, 0.3) is 33.8 Å². The molecule has 0 aliphatic rings. The van der Waals surface area contributed by atoms with Gasteiger partial charge in [0.2, 0.25) is 0 Å². The highest BCUT2D eigenvalue weighted by atomic mass is 35.5. The van der Waals surface area contributed by atoms with Crippen molar-refractivity contribution in [1.29, 1.82) is 0 Å². The molecule has 0 amide bonds. The minimum atomic E-state index is -0.483. The van der Waals surface area contributed by atoms with Gasteiger partial charge in [0.05, 0.1) is 17.1 Å². The summed E-state index contributed by atoms with van der Waals surface area (Å²) >= 11 is 18.2. The standard InChI is InChI=1S/C27H18BCl3N6/c29-22-7-1-19(2-8-22)25-13-16-35(32-25)28(36-17-14-26(33-36)20-3-9-23(30)10-4-20)37-18-15-27(34-37)21-5-11-24(31)12-6-21/h1-18H. The maximum Gasteiger partial charge on any atom is 0.568 e. The van der Waals surface area contributed by atoms with Crippen LogP contribution in [0.5, 0.6) is 0 Å². The molecule has 10 heteroatoms. The first-order chi connectivity index (χ1) is 18.0. The number of benzene rings is 3. The van der Waals surface area contributed by atoms with Gasteiger partial charge in [0, 0.05) is 50.3 Å². The maximum atomic E-state index is 6.07. The molecule has 37 heavy (non-hydrogen) atoms. The van der Waals surface area contributed by atoms with Crippen molar-refractivity contribution in [2.75, 3.05) is 0 Å². The third-order valence-electron chi connectivity index (χ3n) is 5.95. The molecule has 180 valence electrons. The lowest BCUT2D eigenvalue weighted by Gasteiger charge is -2.13. The smallest absolute Gasteiger partial charge is 0.268 e. The summed E-state index contributed by atoms with van der Waals surface area (Å²) in [5.41, 5.74) is 5.34. The van der Waals surface area contributed by atoms with E-state index in [0.717, 1.165) is 33.8 Å². The molecule has 6 rings (SSSR count). The lowest BCUT2D eigenvalue weighted by Crippen LogP contribution is -2.42. The Morgan fingerprint density at radius 1 is 0.405 bits per heavy atom. The third kappa shape index (κ3) is 4.94. The normalized spacial score (nSPS) is 11.1. The molecular formula is C27H18BCl3N6. The van der Waals surface area contributed by atoms with Gasteiger partial charge >= 0.3 is 7.12 Å². The zero-order valence-corrected chi connectivity index (χ0v) is 21.6. The summed E-state index contributed by atoms with van der Waals surface area (Å²) in [4.78, 5) is 0. The molecule has 0 spiro atoms. The van der Waals surface area contributed by atoms with Crippen LogP contribution in [0, 0.1) is 0 Å². The van der Waals surface area contributed by atoms with E-state index in [4.69, 9.17) is 50.1 Å². The van der Waals surface area contributed by atoms with Crippen LogP contribution in [-0.4, -0.2) is 36.2 Å². The Hall–Kier alpha value is -3.78. The van der Waals surface area contributed by atoms with Crippen molar-refractivity contribution in [1.82, 2.24) is 29.1 Å². The van der Waals surface area contributed by atoms with Crippen LogP contribution in [0.1, 0.15) is 0 Å². The van der Waals surface area contributed by atoms with E-state index in [9.17, 15) is 0 Å². The van der Waals surface area contributed by atoms with Gasteiger partial charge in [-0.05, 0) is 54.6 Å². The van der Waals surface area contributed by atoms with Crippen LogP contribution in [-0.2, 0) is 0 Å². The molecule has 0 bridgehead atoms. The Balaban J connectivity index is 1.41. The topological polar surface area (TPSA) is 53.5 Å². The number of nitrogens with zero attached hydrogens (tertiary/aromatic N) is 6. The fraction of sp³-hybridized carbons (Fsp3) is 0. The van der Waals surface area contributed by atoms with Gasteiger partial charge in [-0.15, -0.1) is 0 Å². The highest BCUT2D eigenvalue weighted by Gasteiger charge is 2.28. The van der Waals surface area contributed by atoms with Crippen molar-refractivity contribution in [2.24, 2.45) is 0 Å². The molecule has 0 saturated carbocycles. The van der Waals surface area contributed by atoms with E-state index < -0.39 is 7.12 Å². The molecule has 0 radical (unpaired) electrons. The lowest BCUT2D eigenvalue weighted by atomic mass is 9.96. The first-order valence-corrected chi connectivity index (χ1v) is 12.6. The van der Waals surface area contributed by atoms with E-state index in [2.05, 4.69) is 0 Å². The summed E-state index contributed by atoms with van der Waals surface area (Å²) in [6.45, 7) is 0. The third-order valence-corrected chi connectivity index (χ3v) is 6.71. The van der Waals surface area contributed by atoms with Gasteiger partial charge in [-0.25, -0.2) is 0 Å². The average molecular weight is 544 g/mol. The highest BCUT2D eigenvalue weighted by Crippen LogP contribution is 2.23. The summed E-state index contributed by atoms with van der Waals surface area (Å²) < 4.78 is 5.50. The van der Waals surface area contributed by atoms with Crippen molar-refractivity contribution >= 4 is 41.9 Å². The van der Waals surface area contributed by atoms with Crippen molar-refractivity contribution < 1.29 is 0 Å². The predicted molar refractivity (Wildman–Crippen MR) is 150 cm³/mol. The van der Waals surface area contributed by atoms with Crippen LogP contribution in [0.3, 0.4) is 0 Å². The van der Waals surface area contributed by atoms with E-state index in [1.807, 2.05) is 123 Å². The van der Waals surface area contributed by atoms with Gasteiger partial charge in [0.25, 0.3) is 0 Å². The molecule has 0 saturated heterocycles. The minimum absolute atomic E-state index is 0.483. The maximum absolute atomic E-state index is 6.07. The summed E-state index contributed by atoms with van der Waals surface area (Å²) in [5.74, 6) is 0. The molecule has 0 aliphatic carbocycles. The molecular weight excluding hydrogens is 526 g/mol. The first kappa shape index (κ1) is 23.6. The largest absolute Gasteiger partial charge is 0.568 e. The molecule has 0 fully saturated rings. The van der Waals surface area contributed by atoms with Crippen LogP contribution in [0.4, 0.5) is 0 Å². The monoisotopic (exact) mass is 542 g/mol. The molecule has 0 N–H and O–H groups in total. The predicted octanol–water partition coefficient (Wildman–Crippen LogP) is 7.17. The van der Waals surface area contributed by atoms with Crippen molar-refractivity contribution in [2.45, 2.75) is 0 Å². The molecule has 6 aromatic rings. The second kappa shape index (κ2) is 9.94. The number of rotatable bonds is 6. The molecule has 3 heterocycles.